The minimum absolute atomic E-state index is 0. The molecule has 1 aromatic heterocycles. The van der Waals surface area contributed by atoms with Crippen LogP contribution >= 0.6 is 24.8 Å². The summed E-state index contributed by atoms with van der Waals surface area (Å²) < 4.78 is 0. The lowest BCUT2D eigenvalue weighted by Crippen LogP contribution is -2.41. The number of benzene rings is 1. The smallest absolute Gasteiger partial charge is 0.253 e. The zero-order valence-electron chi connectivity index (χ0n) is 11.5. The molecule has 4 nitrogen and oxygen atoms in total. The van der Waals surface area contributed by atoms with Crippen LogP contribution in [0.5, 0.6) is 0 Å². The summed E-state index contributed by atoms with van der Waals surface area (Å²) in [6.07, 6.45) is 4.03. The van der Waals surface area contributed by atoms with Crippen molar-refractivity contribution in [1.82, 2.24) is 10.3 Å². The average molecular weight is 328 g/mol. The Bertz CT molecular complexity index is 611. The fourth-order valence-corrected chi connectivity index (χ4v) is 2.40. The van der Waals surface area contributed by atoms with Gasteiger partial charge in [-0.3, -0.25) is 9.78 Å². The number of aromatic nitrogens is 1. The molecule has 1 aliphatic rings. The van der Waals surface area contributed by atoms with Crippen LogP contribution in [0.1, 0.15) is 23.2 Å². The highest BCUT2D eigenvalue weighted by atomic mass is 35.5. The van der Waals surface area contributed by atoms with Gasteiger partial charge in [0.05, 0.1) is 11.1 Å². The van der Waals surface area contributed by atoms with Crippen LogP contribution in [0.25, 0.3) is 10.9 Å². The normalized spacial score (nSPS) is 14.7. The van der Waals surface area contributed by atoms with Gasteiger partial charge in [0.1, 0.15) is 0 Å². The number of pyridine rings is 1. The summed E-state index contributed by atoms with van der Waals surface area (Å²) in [6, 6.07) is 9.57. The van der Waals surface area contributed by atoms with Gasteiger partial charge in [-0.25, -0.2) is 0 Å². The lowest BCUT2D eigenvalue weighted by molar-refractivity contribution is 0.0935. The fourth-order valence-electron chi connectivity index (χ4n) is 2.40. The second kappa shape index (κ2) is 7.59. The van der Waals surface area contributed by atoms with E-state index < -0.39 is 0 Å². The molecule has 1 fully saturated rings. The van der Waals surface area contributed by atoms with E-state index in [0.717, 1.165) is 23.7 Å². The van der Waals surface area contributed by atoms with Crippen LogP contribution in [-0.2, 0) is 0 Å². The summed E-state index contributed by atoms with van der Waals surface area (Å²) in [6.45, 7) is 0.495. The Morgan fingerprint density at radius 3 is 2.67 bits per heavy atom. The molecule has 3 N–H and O–H groups in total. The Balaban J connectivity index is 0.00000110. The highest BCUT2D eigenvalue weighted by Gasteiger charge is 2.31. The molecule has 1 amide bonds. The maximum Gasteiger partial charge on any atom is 0.253 e. The number of halogens is 2. The van der Waals surface area contributed by atoms with Crippen molar-refractivity contribution in [2.75, 3.05) is 6.54 Å². The molecular weight excluding hydrogens is 309 g/mol. The van der Waals surface area contributed by atoms with Gasteiger partial charge in [0.15, 0.2) is 0 Å². The molecule has 2 aromatic rings. The quantitative estimate of drug-likeness (QED) is 0.906. The first-order valence-corrected chi connectivity index (χ1v) is 6.64. The Labute approximate surface area is 136 Å². The number of rotatable bonds is 4. The molecule has 1 saturated carbocycles. The van der Waals surface area contributed by atoms with Crippen LogP contribution in [-0.4, -0.2) is 23.5 Å². The second-order valence-electron chi connectivity index (χ2n) is 5.03. The summed E-state index contributed by atoms with van der Waals surface area (Å²) in [5.41, 5.74) is 7.09. The number of amides is 1. The molecule has 21 heavy (non-hydrogen) atoms. The van der Waals surface area contributed by atoms with E-state index in [1.807, 2.05) is 30.3 Å². The molecule has 0 spiro atoms. The number of hydrogen-bond acceptors (Lipinski definition) is 3. The van der Waals surface area contributed by atoms with Gasteiger partial charge >= 0.3 is 0 Å². The van der Waals surface area contributed by atoms with Crippen molar-refractivity contribution in [3.8, 4) is 0 Å². The van der Waals surface area contributed by atoms with Gasteiger partial charge in [0.25, 0.3) is 5.91 Å². The predicted octanol–water partition coefficient (Wildman–Crippen LogP) is 2.55. The van der Waals surface area contributed by atoms with E-state index in [2.05, 4.69) is 10.3 Å². The van der Waals surface area contributed by atoms with E-state index in [1.54, 1.807) is 6.20 Å². The summed E-state index contributed by atoms with van der Waals surface area (Å²) in [5, 5.41) is 4.01. The standard InChI is InChI=1S/C15H17N3O.2ClH/c16-9-13(10-6-7-10)18-15(19)12-5-1-3-11-4-2-8-17-14(11)12;;/h1-5,8,10,13H,6-7,9,16H2,(H,18,19);2*1H. The number of fused-ring (bicyclic) bond motifs is 1. The first kappa shape index (κ1) is 17.7. The Morgan fingerprint density at radius 1 is 1.29 bits per heavy atom. The van der Waals surface area contributed by atoms with Crippen molar-refractivity contribution in [3.05, 3.63) is 42.1 Å². The molecule has 6 heteroatoms. The van der Waals surface area contributed by atoms with Crippen LogP contribution in [0.3, 0.4) is 0 Å². The van der Waals surface area contributed by atoms with Crippen molar-refractivity contribution >= 4 is 41.6 Å². The number of hydrogen-bond donors (Lipinski definition) is 2. The van der Waals surface area contributed by atoms with E-state index in [4.69, 9.17) is 5.73 Å². The van der Waals surface area contributed by atoms with Gasteiger partial charge in [0, 0.05) is 24.2 Å². The molecule has 114 valence electrons. The van der Waals surface area contributed by atoms with Gasteiger partial charge in [0.2, 0.25) is 0 Å². The molecule has 1 aliphatic carbocycles. The Hall–Kier alpha value is -1.36. The average Bonchev–Trinajstić information content (AvgIpc) is 3.28. The van der Waals surface area contributed by atoms with Gasteiger partial charge < -0.3 is 11.1 Å². The van der Waals surface area contributed by atoms with Crippen LogP contribution in [0, 0.1) is 5.92 Å². The molecule has 0 bridgehead atoms. The van der Waals surface area contributed by atoms with Crippen molar-refractivity contribution < 1.29 is 4.79 Å². The third kappa shape index (κ3) is 3.84. The van der Waals surface area contributed by atoms with Crippen molar-refractivity contribution in [1.29, 1.82) is 0 Å². The first-order chi connectivity index (χ1) is 9.29. The van der Waals surface area contributed by atoms with E-state index >= 15 is 0 Å². The van der Waals surface area contributed by atoms with E-state index in [9.17, 15) is 4.79 Å². The number of nitrogens with two attached hydrogens (primary N) is 1. The van der Waals surface area contributed by atoms with Gasteiger partial charge in [-0.2, -0.15) is 0 Å². The first-order valence-electron chi connectivity index (χ1n) is 6.64. The lowest BCUT2D eigenvalue weighted by Gasteiger charge is -2.16. The van der Waals surface area contributed by atoms with E-state index in [1.165, 1.54) is 0 Å². The molecule has 0 saturated heterocycles. The highest BCUT2D eigenvalue weighted by Crippen LogP contribution is 2.32. The van der Waals surface area contributed by atoms with Gasteiger partial charge in [-0.05, 0) is 30.9 Å². The zero-order valence-corrected chi connectivity index (χ0v) is 13.1. The molecule has 1 aromatic carbocycles. The molecule has 3 rings (SSSR count). The third-order valence-electron chi connectivity index (χ3n) is 3.64. The Morgan fingerprint density at radius 2 is 2.00 bits per heavy atom. The second-order valence-corrected chi connectivity index (χ2v) is 5.03. The molecular formula is C15H19Cl2N3O. The largest absolute Gasteiger partial charge is 0.348 e. The summed E-state index contributed by atoms with van der Waals surface area (Å²) in [5.74, 6) is 0.475. The number of nitrogens with zero attached hydrogens (tertiary/aromatic N) is 1. The SMILES string of the molecule is Cl.Cl.NCC(NC(=O)c1cccc2cccnc12)C1CC1. The zero-order chi connectivity index (χ0) is 13.2. The maximum atomic E-state index is 12.4. The third-order valence-corrected chi connectivity index (χ3v) is 3.64. The van der Waals surface area contributed by atoms with Gasteiger partial charge in [-0.1, -0.05) is 18.2 Å². The monoisotopic (exact) mass is 327 g/mol. The molecule has 1 unspecified atom stereocenters. The summed E-state index contributed by atoms with van der Waals surface area (Å²) in [4.78, 5) is 16.7. The molecule has 0 aliphatic heterocycles. The van der Waals surface area contributed by atoms with Crippen LogP contribution < -0.4 is 11.1 Å². The number of carbonyl (C=O) groups is 1. The highest BCUT2D eigenvalue weighted by molar-refractivity contribution is 6.05. The lowest BCUT2D eigenvalue weighted by atomic mass is 10.1. The van der Waals surface area contributed by atoms with Gasteiger partial charge in [-0.15, -0.1) is 24.8 Å². The minimum Gasteiger partial charge on any atom is -0.348 e. The summed E-state index contributed by atoms with van der Waals surface area (Å²) in [7, 11) is 0. The number of para-hydroxylation sites is 1. The Kier molecular flexibility index (Phi) is 6.40. The molecule has 1 atom stereocenters. The summed E-state index contributed by atoms with van der Waals surface area (Å²) >= 11 is 0. The van der Waals surface area contributed by atoms with Crippen molar-refractivity contribution in [3.63, 3.8) is 0 Å². The fraction of sp³-hybridized carbons (Fsp3) is 0.333. The minimum atomic E-state index is -0.0772. The topological polar surface area (TPSA) is 68.0 Å². The predicted molar refractivity (Wildman–Crippen MR) is 89.3 cm³/mol. The molecule has 1 heterocycles. The van der Waals surface area contributed by atoms with Crippen LogP contribution in [0.15, 0.2) is 36.5 Å². The molecule has 0 radical (unpaired) electrons. The van der Waals surface area contributed by atoms with E-state index in [0.29, 0.717) is 18.0 Å². The van der Waals surface area contributed by atoms with Crippen molar-refractivity contribution in [2.24, 2.45) is 11.7 Å². The van der Waals surface area contributed by atoms with Crippen LogP contribution in [0.2, 0.25) is 0 Å². The van der Waals surface area contributed by atoms with Crippen molar-refractivity contribution in [2.45, 2.75) is 18.9 Å². The van der Waals surface area contributed by atoms with E-state index in [-0.39, 0.29) is 36.8 Å². The number of carbonyl (C=O) groups excluding carboxylic acids is 1. The maximum absolute atomic E-state index is 12.4. The van der Waals surface area contributed by atoms with Crippen LogP contribution in [0.4, 0.5) is 0 Å². The number of nitrogens with one attached hydrogen (secondary N) is 1.